The minimum Gasteiger partial charge on any atom is -0.378 e. The van der Waals surface area contributed by atoms with Gasteiger partial charge in [-0.3, -0.25) is 9.69 Å². The van der Waals surface area contributed by atoms with Crippen LogP contribution < -0.4 is 5.32 Å². The highest BCUT2D eigenvalue weighted by atomic mass is 19.1. The Labute approximate surface area is 187 Å². The van der Waals surface area contributed by atoms with Crippen molar-refractivity contribution in [1.82, 2.24) is 15.1 Å². The molecule has 172 valence electrons. The first kappa shape index (κ1) is 22.8. The molecule has 2 aromatic rings. The van der Waals surface area contributed by atoms with Gasteiger partial charge in [0.15, 0.2) is 0 Å². The number of amides is 1. The summed E-state index contributed by atoms with van der Waals surface area (Å²) in [7, 11) is 0. The van der Waals surface area contributed by atoms with Gasteiger partial charge in [0, 0.05) is 39.3 Å². The summed E-state index contributed by atoms with van der Waals surface area (Å²) in [4.78, 5) is 17.1. The van der Waals surface area contributed by atoms with Crippen LogP contribution in [-0.4, -0.2) is 80.8 Å². The standard InChI is InChI=1S/C24H29F2N3O3/c25-20-5-1-18(2-6-20)23(19-3-7-21(26)8-4-19)32-16-13-28-10-9-27-17-22(28)24(30)29-11-14-31-15-12-29/h1-8,22-23,27H,9-17H2. The Kier molecular flexibility index (Phi) is 7.81. The summed E-state index contributed by atoms with van der Waals surface area (Å²) in [5.41, 5.74) is 1.58. The third-order valence-electron chi connectivity index (χ3n) is 5.97. The molecule has 1 amide bonds. The number of ether oxygens (including phenoxy) is 2. The first-order chi connectivity index (χ1) is 15.6. The average molecular weight is 446 g/mol. The Morgan fingerprint density at radius 3 is 2.19 bits per heavy atom. The predicted molar refractivity (Wildman–Crippen MR) is 116 cm³/mol. The molecular formula is C24H29F2N3O3. The third kappa shape index (κ3) is 5.69. The molecule has 0 spiro atoms. The monoisotopic (exact) mass is 445 g/mol. The Morgan fingerprint density at radius 1 is 1.00 bits per heavy atom. The summed E-state index contributed by atoms with van der Waals surface area (Å²) in [5, 5.41) is 3.31. The van der Waals surface area contributed by atoms with E-state index in [2.05, 4.69) is 10.2 Å². The molecule has 2 aliphatic rings. The van der Waals surface area contributed by atoms with Gasteiger partial charge in [-0.05, 0) is 35.4 Å². The zero-order chi connectivity index (χ0) is 22.3. The van der Waals surface area contributed by atoms with Crippen LogP contribution in [0.25, 0.3) is 0 Å². The predicted octanol–water partition coefficient (Wildman–Crippen LogP) is 2.20. The number of nitrogens with zero attached hydrogens (tertiary/aromatic N) is 2. The molecule has 2 heterocycles. The number of nitrogens with one attached hydrogen (secondary N) is 1. The number of rotatable bonds is 7. The summed E-state index contributed by atoms with van der Waals surface area (Å²) >= 11 is 0. The van der Waals surface area contributed by atoms with Crippen LogP contribution in [0.2, 0.25) is 0 Å². The fourth-order valence-electron chi connectivity index (χ4n) is 4.20. The highest BCUT2D eigenvalue weighted by Crippen LogP contribution is 2.26. The van der Waals surface area contributed by atoms with Gasteiger partial charge >= 0.3 is 0 Å². The van der Waals surface area contributed by atoms with Crippen LogP contribution in [0.5, 0.6) is 0 Å². The van der Waals surface area contributed by atoms with Crippen molar-refractivity contribution < 1.29 is 23.0 Å². The smallest absolute Gasteiger partial charge is 0.241 e. The van der Waals surface area contributed by atoms with Crippen LogP contribution >= 0.6 is 0 Å². The summed E-state index contributed by atoms with van der Waals surface area (Å²) in [6.45, 7) is 5.53. The van der Waals surface area contributed by atoms with Gasteiger partial charge in [0.05, 0.1) is 19.8 Å². The zero-order valence-electron chi connectivity index (χ0n) is 18.0. The van der Waals surface area contributed by atoms with Crippen molar-refractivity contribution in [3.8, 4) is 0 Å². The molecule has 0 aromatic heterocycles. The van der Waals surface area contributed by atoms with Crippen LogP contribution in [0, 0.1) is 11.6 Å². The number of halogens is 2. The largest absolute Gasteiger partial charge is 0.378 e. The highest BCUT2D eigenvalue weighted by Gasteiger charge is 2.32. The van der Waals surface area contributed by atoms with E-state index < -0.39 is 6.10 Å². The molecule has 6 nitrogen and oxygen atoms in total. The molecule has 0 bridgehead atoms. The molecule has 4 rings (SSSR count). The Balaban J connectivity index is 1.42. The van der Waals surface area contributed by atoms with Gasteiger partial charge in [-0.1, -0.05) is 24.3 Å². The van der Waals surface area contributed by atoms with E-state index in [-0.39, 0.29) is 23.6 Å². The van der Waals surface area contributed by atoms with Gasteiger partial charge in [0.1, 0.15) is 23.8 Å². The van der Waals surface area contributed by atoms with E-state index in [9.17, 15) is 13.6 Å². The van der Waals surface area contributed by atoms with Crippen molar-refractivity contribution in [2.24, 2.45) is 0 Å². The van der Waals surface area contributed by atoms with E-state index in [4.69, 9.17) is 9.47 Å². The van der Waals surface area contributed by atoms with E-state index in [1.165, 1.54) is 24.3 Å². The van der Waals surface area contributed by atoms with Crippen molar-refractivity contribution in [2.75, 3.05) is 59.1 Å². The fraction of sp³-hybridized carbons (Fsp3) is 0.458. The van der Waals surface area contributed by atoms with Crippen molar-refractivity contribution in [3.63, 3.8) is 0 Å². The van der Waals surface area contributed by atoms with Gasteiger partial charge in [-0.25, -0.2) is 8.78 Å². The van der Waals surface area contributed by atoms with Crippen LogP contribution in [0.15, 0.2) is 48.5 Å². The highest BCUT2D eigenvalue weighted by molar-refractivity contribution is 5.82. The molecule has 0 radical (unpaired) electrons. The van der Waals surface area contributed by atoms with Crippen molar-refractivity contribution in [1.29, 1.82) is 0 Å². The SMILES string of the molecule is O=C(C1CNCCN1CCOC(c1ccc(F)cc1)c1ccc(F)cc1)N1CCOCC1. The van der Waals surface area contributed by atoms with Gasteiger partial charge in [0.2, 0.25) is 5.91 Å². The van der Waals surface area contributed by atoms with Crippen LogP contribution in [-0.2, 0) is 14.3 Å². The zero-order valence-corrected chi connectivity index (χ0v) is 18.0. The van der Waals surface area contributed by atoms with Crippen molar-refractivity contribution in [2.45, 2.75) is 12.1 Å². The molecule has 1 unspecified atom stereocenters. The minimum atomic E-state index is -0.451. The molecule has 8 heteroatoms. The van der Waals surface area contributed by atoms with Crippen LogP contribution in [0.1, 0.15) is 17.2 Å². The lowest BCUT2D eigenvalue weighted by atomic mass is 10.0. The minimum absolute atomic E-state index is 0.120. The van der Waals surface area contributed by atoms with E-state index in [0.29, 0.717) is 46.0 Å². The number of carbonyl (C=O) groups is 1. The number of carbonyl (C=O) groups excluding carboxylic acids is 1. The van der Waals surface area contributed by atoms with Gasteiger partial charge in [-0.15, -0.1) is 0 Å². The Hall–Kier alpha value is -2.39. The van der Waals surface area contributed by atoms with Crippen LogP contribution in [0.3, 0.4) is 0 Å². The Morgan fingerprint density at radius 2 is 1.59 bits per heavy atom. The molecule has 32 heavy (non-hydrogen) atoms. The molecule has 2 saturated heterocycles. The molecule has 1 atom stereocenters. The van der Waals surface area contributed by atoms with Gasteiger partial charge < -0.3 is 19.7 Å². The lowest BCUT2D eigenvalue weighted by molar-refractivity contribution is -0.142. The molecule has 0 aliphatic carbocycles. The topological polar surface area (TPSA) is 54.0 Å². The summed E-state index contributed by atoms with van der Waals surface area (Å²) in [6, 6.07) is 12.0. The number of hydrogen-bond donors (Lipinski definition) is 1. The maximum absolute atomic E-state index is 13.4. The van der Waals surface area contributed by atoms with E-state index in [1.54, 1.807) is 24.3 Å². The number of benzene rings is 2. The third-order valence-corrected chi connectivity index (χ3v) is 5.97. The number of hydrogen-bond acceptors (Lipinski definition) is 5. The van der Waals surface area contributed by atoms with Crippen molar-refractivity contribution in [3.05, 3.63) is 71.3 Å². The summed E-state index contributed by atoms with van der Waals surface area (Å²) < 4.78 is 38.4. The van der Waals surface area contributed by atoms with Crippen molar-refractivity contribution >= 4 is 5.91 Å². The maximum Gasteiger partial charge on any atom is 0.241 e. The second-order valence-corrected chi connectivity index (χ2v) is 8.05. The number of morpholine rings is 1. The summed E-state index contributed by atoms with van der Waals surface area (Å²) in [6.07, 6.45) is -0.451. The van der Waals surface area contributed by atoms with Gasteiger partial charge in [-0.2, -0.15) is 0 Å². The molecule has 2 aliphatic heterocycles. The Bertz CT molecular complexity index is 828. The molecule has 2 aromatic carbocycles. The first-order valence-electron chi connectivity index (χ1n) is 11.1. The maximum atomic E-state index is 13.4. The second kappa shape index (κ2) is 11.0. The summed E-state index contributed by atoms with van der Waals surface area (Å²) in [5.74, 6) is -0.525. The fourth-order valence-corrected chi connectivity index (χ4v) is 4.20. The molecule has 1 N–H and O–H groups in total. The molecular weight excluding hydrogens is 416 g/mol. The lowest BCUT2D eigenvalue weighted by Gasteiger charge is -2.39. The number of piperazine rings is 1. The quantitative estimate of drug-likeness (QED) is 0.708. The normalized spacial score (nSPS) is 20.0. The van der Waals surface area contributed by atoms with Crippen LogP contribution in [0.4, 0.5) is 8.78 Å². The first-order valence-corrected chi connectivity index (χ1v) is 11.1. The molecule has 0 saturated carbocycles. The van der Waals surface area contributed by atoms with E-state index in [0.717, 1.165) is 24.2 Å². The van der Waals surface area contributed by atoms with E-state index >= 15 is 0 Å². The second-order valence-electron chi connectivity index (χ2n) is 8.05. The molecule has 2 fully saturated rings. The lowest BCUT2D eigenvalue weighted by Crippen LogP contribution is -2.60. The van der Waals surface area contributed by atoms with Gasteiger partial charge in [0.25, 0.3) is 0 Å². The average Bonchev–Trinajstić information content (AvgIpc) is 2.84. The van der Waals surface area contributed by atoms with E-state index in [1.807, 2.05) is 4.90 Å².